The van der Waals surface area contributed by atoms with Crippen LogP contribution in [-0.2, 0) is 13.0 Å². The van der Waals surface area contributed by atoms with Gasteiger partial charge in [0.2, 0.25) is 0 Å². The van der Waals surface area contributed by atoms with Gasteiger partial charge in [0, 0.05) is 11.6 Å². The number of ether oxygens (including phenoxy) is 1. The van der Waals surface area contributed by atoms with E-state index in [1.165, 1.54) is 16.9 Å². The van der Waals surface area contributed by atoms with Crippen LogP contribution >= 0.6 is 11.3 Å². The zero-order valence-corrected chi connectivity index (χ0v) is 13.5. The molecule has 0 radical (unpaired) electrons. The Bertz CT molecular complexity index is 587. The van der Waals surface area contributed by atoms with E-state index in [-0.39, 0.29) is 11.9 Å². The van der Waals surface area contributed by atoms with Gasteiger partial charge in [0.05, 0.1) is 4.88 Å². The number of carbonyl (C=O) groups excluding carboxylic acids is 1. The summed E-state index contributed by atoms with van der Waals surface area (Å²) in [5, 5.41) is 4.86. The highest BCUT2D eigenvalue weighted by atomic mass is 32.1. The first-order chi connectivity index (χ1) is 10.1. The Hall–Kier alpha value is -1.81. The van der Waals surface area contributed by atoms with Crippen LogP contribution in [0.25, 0.3) is 0 Å². The molecular formula is C17H21NO2S. The van der Waals surface area contributed by atoms with Crippen LogP contribution in [0.3, 0.4) is 0 Å². The van der Waals surface area contributed by atoms with Gasteiger partial charge in [-0.3, -0.25) is 4.79 Å². The lowest BCUT2D eigenvalue weighted by Gasteiger charge is -2.06. The smallest absolute Gasteiger partial charge is 0.261 e. The molecule has 0 fully saturated rings. The average molecular weight is 303 g/mol. The first-order valence-electron chi connectivity index (χ1n) is 7.18. The molecule has 2 aromatic rings. The maximum atomic E-state index is 11.9. The van der Waals surface area contributed by atoms with Crippen LogP contribution in [0.1, 0.15) is 41.6 Å². The lowest BCUT2D eigenvalue weighted by molar-refractivity contribution is 0.0947. The van der Waals surface area contributed by atoms with Gasteiger partial charge in [-0.25, -0.2) is 0 Å². The summed E-state index contributed by atoms with van der Waals surface area (Å²) < 4.78 is 5.74. The van der Waals surface area contributed by atoms with Crippen molar-refractivity contribution in [2.24, 2.45) is 0 Å². The van der Waals surface area contributed by atoms with Crippen molar-refractivity contribution < 1.29 is 9.53 Å². The van der Waals surface area contributed by atoms with Gasteiger partial charge in [0.1, 0.15) is 12.4 Å². The van der Waals surface area contributed by atoms with Crippen molar-refractivity contribution in [2.45, 2.75) is 39.8 Å². The van der Waals surface area contributed by atoms with E-state index in [9.17, 15) is 4.79 Å². The molecule has 0 spiro atoms. The number of carbonyl (C=O) groups is 1. The summed E-state index contributed by atoms with van der Waals surface area (Å²) >= 11 is 1.45. The van der Waals surface area contributed by atoms with Gasteiger partial charge in [-0.2, -0.15) is 0 Å². The summed E-state index contributed by atoms with van der Waals surface area (Å²) in [6.07, 6.45) is 1.03. The fraction of sp³-hybridized carbons (Fsp3) is 0.353. The predicted molar refractivity (Wildman–Crippen MR) is 87.1 cm³/mol. The maximum Gasteiger partial charge on any atom is 0.261 e. The van der Waals surface area contributed by atoms with E-state index in [2.05, 4.69) is 24.4 Å². The van der Waals surface area contributed by atoms with E-state index < -0.39 is 0 Å². The standard InChI is InChI=1S/C17H21NO2S/c1-4-13-5-7-15(8-6-13)20-10-14-9-16(21-11-14)17(19)18-12(2)3/h5-9,11-12H,4,10H2,1-3H3,(H,18,19). The highest BCUT2D eigenvalue weighted by Crippen LogP contribution is 2.18. The summed E-state index contributed by atoms with van der Waals surface area (Å²) in [5.41, 5.74) is 2.32. The predicted octanol–water partition coefficient (Wildman–Crippen LogP) is 4.03. The van der Waals surface area contributed by atoms with Gasteiger partial charge in [-0.15, -0.1) is 11.3 Å². The van der Waals surface area contributed by atoms with Gasteiger partial charge < -0.3 is 10.1 Å². The molecule has 1 aromatic carbocycles. The van der Waals surface area contributed by atoms with Crippen molar-refractivity contribution in [1.29, 1.82) is 0 Å². The van der Waals surface area contributed by atoms with Crippen molar-refractivity contribution in [3.63, 3.8) is 0 Å². The van der Waals surface area contributed by atoms with Gasteiger partial charge in [0.15, 0.2) is 0 Å². The van der Waals surface area contributed by atoms with Crippen LogP contribution in [0.4, 0.5) is 0 Å². The molecule has 3 nitrogen and oxygen atoms in total. The summed E-state index contributed by atoms with van der Waals surface area (Å²) in [6.45, 7) is 6.52. The van der Waals surface area contributed by atoms with Gasteiger partial charge in [-0.05, 0) is 49.4 Å². The van der Waals surface area contributed by atoms with Crippen molar-refractivity contribution in [3.8, 4) is 5.75 Å². The lowest BCUT2D eigenvalue weighted by atomic mass is 10.2. The van der Waals surface area contributed by atoms with Crippen LogP contribution in [-0.4, -0.2) is 11.9 Å². The Morgan fingerprint density at radius 3 is 2.57 bits per heavy atom. The molecule has 4 heteroatoms. The highest BCUT2D eigenvalue weighted by molar-refractivity contribution is 7.12. The number of thiophene rings is 1. The molecule has 0 saturated carbocycles. The van der Waals surface area contributed by atoms with Crippen molar-refractivity contribution in [1.82, 2.24) is 5.32 Å². The SMILES string of the molecule is CCc1ccc(OCc2csc(C(=O)NC(C)C)c2)cc1. The molecule has 1 aromatic heterocycles. The van der Waals surface area contributed by atoms with Crippen LogP contribution in [0, 0.1) is 0 Å². The summed E-state index contributed by atoms with van der Waals surface area (Å²) in [4.78, 5) is 12.6. The third-order valence-electron chi connectivity index (χ3n) is 3.03. The maximum absolute atomic E-state index is 11.9. The highest BCUT2D eigenvalue weighted by Gasteiger charge is 2.10. The van der Waals surface area contributed by atoms with E-state index in [4.69, 9.17) is 4.74 Å². The molecule has 0 aliphatic rings. The quantitative estimate of drug-likeness (QED) is 0.875. The molecule has 1 heterocycles. The van der Waals surface area contributed by atoms with Gasteiger partial charge in [0.25, 0.3) is 5.91 Å². The topological polar surface area (TPSA) is 38.3 Å². The molecule has 112 valence electrons. The first-order valence-corrected chi connectivity index (χ1v) is 8.06. The van der Waals surface area contributed by atoms with Crippen LogP contribution < -0.4 is 10.1 Å². The molecule has 1 N–H and O–H groups in total. The van der Waals surface area contributed by atoms with E-state index in [0.29, 0.717) is 6.61 Å². The third kappa shape index (κ3) is 4.60. The second kappa shape index (κ2) is 7.27. The number of aryl methyl sites for hydroxylation is 1. The second-order valence-corrected chi connectivity index (χ2v) is 6.14. The zero-order valence-electron chi connectivity index (χ0n) is 12.7. The van der Waals surface area contributed by atoms with Crippen molar-refractivity contribution >= 4 is 17.2 Å². The minimum absolute atomic E-state index is 0.0199. The van der Waals surface area contributed by atoms with Gasteiger partial charge in [-0.1, -0.05) is 19.1 Å². The third-order valence-corrected chi connectivity index (χ3v) is 4.01. The molecule has 2 rings (SSSR count). The molecule has 1 amide bonds. The Kier molecular flexibility index (Phi) is 5.39. The molecular weight excluding hydrogens is 282 g/mol. The normalized spacial score (nSPS) is 10.7. The molecule has 0 bridgehead atoms. The molecule has 21 heavy (non-hydrogen) atoms. The fourth-order valence-electron chi connectivity index (χ4n) is 1.89. The van der Waals surface area contributed by atoms with Crippen LogP contribution in [0.2, 0.25) is 0 Å². The molecule has 0 saturated heterocycles. The number of amides is 1. The van der Waals surface area contributed by atoms with Gasteiger partial charge >= 0.3 is 0 Å². The van der Waals surface area contributed by atoms with Crippen LogP contribution in [0.5, 0.6) is 5.75 Å². The molecule has 0 unspecified atom stereocenters. The monoisotopic (exact) mass is 303 g/mol. The van der Waals surface area contributed by atoms with E-state index in [1.54, 1.807) is 0 Å². The number of hydrogen-bond donors (Lipinski definition) is 1. The minimum Gasteiger partial charge on any atom is -0.489 e. The summed E-state index contributed by atoms with van der Waals surface area (Å²) in [6, 6.07) is 10.2. The number of hydrogen-bond acceptors (Lipinski definition) is 3. The molecule has 0 aliphatic heterocycles. The van der Waals surface area contributed by atoms with E-state index >= 15 is 0 Å². The van der Waals surface area contributed by atoms with Crippen molar-refractivity contribution in [2.75, 3.05) is 0 Å². The zero-order chi connectivity index (χ0) is 15.2. The second-order valence-electron chi connectivity index (χ2n) is 5.23. The number of benzene rings is 1. The van der Waals surface area contributed by atoms with Crippen LogP contribution in [0.15, 0.2) is 35.7 Å². The average Bonchev–Trinajstić information content (AvgIpc) is 2.94. The minimum atomic E-state index is -0.0199. The Morgan fingerprint density at radius 2 is 1.95 bits per heavy atom. The Balaban J connectivity index is 1.91. The molecule has 0 atom stereocenters. The number of rotatable bonds is 6. The largest absolute Gasteiger partial charge is 0.489 e. The summed E-state index contributed by atoms with van der Waals surface area (Å²) in [7, 11) is 0. The van der Waals surface area contributed by atoms with E-state index in [0.717, 1.165) is 22.6 Å². The first kappa shape index (κ1) is 15.6. The van der Waals surface area contributed by atoms with E-state index in [1.807, 2.05) is 37.4 Å². The molecule has 0 aliphatic carbocycles. The Morgan fingerprint density at radius 1 is 1.24 bits per heavy atom. The summed E-state index contributed by atoms with van der Waals surface area (Å²) in [5.74, 6) is 0.833. The lowest BCUT2D eigenvalue weighted by Crippen LogP contribution is -2.29. The Labute approximate surface area is 130 Å². The fourth-order valence-corrected chi connectivity index (χ4v) is 2.69. The number of nitrogens with one attached hydrogen (secondary N) is 1. The van der Waals surface area contributed by atoms with Crippen molar-refractivity contribution in [3.05, 3.63) is 51.7 Å².